The molecule has 1 aromatic rings. The smallest absolute Gasteiger partial charge is 0.478 e. The summed E-state index contributed by atoms with van der Waals surface area (Å²) in [7, 11) is -1.17. The van der Waals surface area contributed by atoms with Crippen molar-refractivity contribution < 1.29 is 34.2 Å². The minimum Gasteiger partial charge on any atom is -0.478 e. The normalized spacial score (nSPS) is 42.2. The number of carboxylic acid groups (broad SMARTS) is 1. The summed E-state index contributed by atoms with van der Waals surface area (Å²) < 4.78 is 11.8. The van der Waals surface area contributed by atoms with E-state index in [-0.39, 0.29) is 30.1 Å². The number of ether oxygens (including phenoxy) is 1. The summed E-state index contributed by atoms with van der Waals surface area (Å²) in [6.45, 7) is 12.5. The molecule has 1 aromatic carbocycles. The van der Waals surface area contributed by atoms with Gasteiger partial charge in [0, 0.05) is 30.2 Å². The van der Waals surface area contributed by atoms with Crippen LogP contribution in [0.5, 0.6) is 5.75 Å². The van der Waals surface area contributed by atoms with E-state index < -0.39 is 53.6 Å². The van der Waals surface area contributed by atoms with Crippen molar-refractivity contribution in [3.05, 3.63) is 36.4 Å². The van der Waals surface area contributed by atoms with Crippen LogP contribution in [0.15, 0.2) is 30.9 Å². The molecule has 1 aliphatic heterocycles. The van der Waals surface area contributed by atoms with Crippen molar-refractivity contribution in [1.82, 2.24) is 0 Å². The number of benzene rings is 1. The van der Waals surface area contributed by atoms with Crippen molar-refractivity contribution in [2.75, 3.05) is 6.54 Å². The second-order valence-corrected chi connectivity index (χ2v) is 13.1. The van der Waals surface area contributed by atoms with Crippen LogP contribution in [0, 0.1) is 39.9 Å². The number of fused-ring (bicyclic) bond motifs is 1. The van der Waals surface area contributed by atoms with Crippen molar-refractivity contribution in [3.63, 3.8) is 0 Å². The molecular weight excluding hydrogens is 497 g/mol. The molecule has 39 heavy (non-hydrogen) atoms. The third-order valence-electron chi connectivity index (χ3n) is 11.5. The molecule has 0 spiro atoms. The first-order valence-corrected chi connectivity index (χ1v) is 14.2. The Balaban J connectivity index is 1.63. The van der Waals surface area contributed by atoms with Crippen LogP contribution in [0.3, 0.4) is 0 Å². The van der Waals surface area contributed by atoms with Crippen LogP contribution in [0.1, 0.15) is 71.5 Å². The van der Waals surface area contributed by atoms with Crippen molar-refractivity contribution >= 4 is 24.3 Å². The molecule has 212 valence electrons. The van der Waals surface area contributed by atoms with E-state index >= 15 is 0 Å². The van der Waals surface area contributed by atoms with Crippen LogP contribution < -0.4 is 15.9 Å². The average molecular weight is 539 g/mol. The maximum absolute atomic E-state index is 13.7. The van der Waals surface area contributed by atoms with Gasteiger partial charge in [0.1, 0.15) is 11.5 Å². The quantitative estimate of drug-likeness (QED) is 0.320. The fourth-order valence-electron chi connectivity index (χ4n) is 8.99. The number of carboxylic acids is 1. The van der Waals surface area contributed by atoms with Gasteiger partial charge >= 0.3 is 13.1 Å². The zero-order valence-electron chi connectivity index (χ0n) is 23.4. The summed E-state index contributed by atoms with van der Waals surface area (Å²) in [5, 5.41) is 32.8. The predicted octanol–water partition coefficient (Wildman–Crippen LogP) is 2.85. The summed E-state index contributed by atoms with van der Waals surface area (Å²) in [6, 6.07) is 5.06. The van der Waals surface area contributed by atoms with E-state index in [4.69, 9.17) is 15.1 Å². The molecule has 8 nitrogen and oxygen atoms in total. The fraction of sp³-hybridized carbons (Fsp3) is 0.667. The highest BCUT2D eigenvalue weighted by Gasteiger charge is 2.69. The van der Waals surface area contributed by atoms with Crippen molar-refractivity contribution in [2.24, 2.45) is 45.7 Å². The van der Waals surface area contributed by atoms with Gasteiger partial charge in [-0.05, 0) is 71.5 Å². The van der Waals surface area contributed by atoms with Crippen LogP contribution >= 0.6 is 0 Å². The van der Waals surface area contributed by atoms with E-state index in [1.165, 1.54) is 0 Å². The average Bonchev–Trinajstić information content (AvgIpc) is 3.43. The summed E-state index contributed by atoms with van der Waals surface area (Å²) in [6.07, 6.45) is 2.41. The van der Waals surface area contributed by atoms with Crippen LogP contribution in [0.25, 0.3) is 0 Å². The van der Waals surface area contributed by atoms with Gasteiger partial charge in [0.05, 0.1) is 12.2 Å². The van der Waals surface area contributed by atoms with Crippen molar-refractivity contribution in [2.45, 2.75) is 78.1 Å². The van der Waals surface area contributed by atoms with Gasteiger partial charge in [-0.15, -0.1) is 6.58 Å². The molecule has 5 rings (SSSR count). The third-order valence-corrected chi connectivity index (χ3v) is 11.5. The molecule has 4 aliphatic rings. The lowest BCUT2D eigenvalue weighted by atomic mass is 9.41. The maximum atomic E-state index is 13.7. The minimum absolute atomic E-state index is 0.0742. The number of carbonyl (C=O) groups is 2. The number of Topliss-reactive ketones (excluding diaryl/α,β-unsaturated/α-hetero) is 1. The Morgan fingerprint density at radius 3 is 2.69 bits per heavy atom. The van der Waals surface area contributed by atoms with E-state index in [1.807, 2.05) is 6.92 Å². The number of nitrogens with two attached hydrogens (primary N) is 1. The first-order chi connectivity index (χ1) is 18.3. The van der Waals surface area contributed by atoms with Gasteiger partial charge < -0.3 is 30.4 Å². The van der Waals surface area contributed by atoms with E-state index in [1.54, 1.807) is 24.3 Å². The zero-order chi connectivity index (χ0) is 28.5. The Morgan fingerprint density at radius 2 is 2.05 bits per heavy atom. The van der Waals surface area contributed by atoms with Crippen LogP contribution in [-0.2, 0) is 14.2 Å². The van der Waals surface area contributed by atoms with Crippen LogP contribution in [0.2, 0.25) is 0 Å². The van der Waals surface area contributed by atoms with E-state index in [0.29, 0.717) is 30.5 Å². The molecule has 10 atom stereocenters. The van der Waals surface area contributed by atoms with Gasteiger partial charge in [0.25, 0.3) is 0 Å². The number of carbonyl (C=O) groups excluding carboxylic acids is 1. The lowest BCUT2D eigenvalue weighted by Gasteiger charge is -2.63. The SMILES string of the molecule is C=C[C@]1(C)C[C@@H](C(Oc2ccc3c(c2)B(O)OC3CN)C(=O)O)[C@@]2(C)[C@H](C)CC[C@]3(CCC(=O)[C@H]32)[C@@H](C)[C@@H]1O. The number of rotatable bonds is 6. The summed E-state index contributed by atoms with van der Waals surface area (Å²) in [5.41, 5.74) is 5.20. The molecule has 1 heterocycles. The molecule has 0 aromatic heterocycles. The standard InChI is InChI=1S/C30H42BNO7/c1-6-28(4)14-20(24(27(35)36)38-18-7-8-19-21(13-18)31(37)39-23(19)15-32)29(5)16(2)9-11-30(17(3)26(28)34)12-10-22(33)25(29)30/h6-8,13,16-17,20,23-26,34,37H,1,9-12,14-15,32H2,2-5H3,(H,35,36)/t16-,17+,20+,23?,24?,25+,26+,28-,29-,30+/m1/s1. The first kappa shape index (κ1) is 28.3. The Bertz CT molecular complexity index is 1180. The fourth-order valence-corrected chi connectivity index (χ4v) is 8.99. The summed E-state index contributed by atoms with van der Waals surface area (Å²) in [5.74, 6) is -1.66. The Hall–Kier alpha value is -2.20. The van der Waals surface area contributed by atoms with Gasteiger partial charge in [-0.1, -0.05) is 39.8 Å². The highest BCUT2D eigenvalue weighted by atomic mass is 16.5. The molecule has 0 saturated heterocycles. The highest BCUT2D eigenvalue weighted by molar-refractivity contribution is 6.61. The molecule has 3 fully saturated rings. The second kappa shape index (κ2) is 9.72. The van der Waals surface area contributed by atoms with Gasteiger partial charge in [-0.3, -0.25) is 4.79 Å². The summed E-state index contributed by atoms with van der Waals surface area (Å²) >= 11 is 0. The van der Waals surface area contributed by atoms with Gasteiger partial charge in [-0.2, -0.15) is 0 Å². The lowest BCUT2D eigenvalue weighted by Crippen LogP contribution is -2.63. The molecule has 0 amide bonds. The van der Waals surface area contributed by atoms with Crippen LogP contribution in [0.4, 0.5) is 0 Å². The van der Waals surface area contributed by atoms with Gasteiger partial charge in [-0.25, -0.2) is 4.79 Å². The third kappa shape index (κ3) is 4.03. The Kier molecular flexibility index (Phi) is 7.06. The number of ketones is 1. The number of hydrogen-bond acceptors (Lipinski definition) is 7. The number of aliphatic carboxylic acids is 1. The van der Waals surface area contributed by atoms with E-state index in [2.05, 4.69) is 27.4 Å². The summed E-state index contributed by atoms with van der Waals surface area (Å²) in [4.78, 5) is 26.7. The molecule has 2 bridgehead atoms. The number of hydrogen-bond donors (Lipinski definition) is 4. The molecule has 3 aliphatic carbocycles. The van der Waals surface area contributed by atoms with Crippen molar-refractivity contribution in [3.8, 4) is 5.75 Å². The Morgan fingerprint density at radius 1 is 1.33 bits per heavy atom. The van der Waals surface area contributed by atoms with Gasteiger partial charge in [0.15, 0.2) is 6.10 Å². The predicted molar refractivity (Wildman–Crippen MR) is 147 cm³/mol. The monoisotopic (exact) mass is 539 g/mol. The first-order valence-electron chi connectivity index (χ1n) is 14.2. The molecule has 3 saturated carbocycles. The molecule has 9 heteroatoms. The maximum Gasteiger partial charge on any atom is 0.492 e. The highest BCUT2D eigenvalue weighted by Crippen LogP contribution is 2.69. The second-order valence-electron chi connectivity index (χ2n) is 13.1. The van der Waals surface area contributed by atoms with E-state index in [9.17, 15) is 24.8 Å². The van der Waals surface area contributed by atoms with Crippen molar-refractivity contribution in [1.29, 1.82) is 0 Å². The van der Waals surface area contributed by atoms with E-state index in [0.717, 1.165) is 18.4 Å². The lowest BCUT2D eigenvalue weighted by molar-refractivity contribution is -0.193. The minimum atomic E-state index is -1.29. The molecule has 2 unspecified atom stereocenters. The molecule has 5 N–H and O–H groups in total. The van der Waals surface area contributed by atoms with Crippen LogP contribution in [-0.4, -0.2) is 52.9 Å². The Labute approximate surface area is 231 Å². The molecule has 0 radical (unpaired) electrons. The van der Waals surface area contributed by atoms with Gasteiger partial charge in [0.2, 0.25) is 0 Å². The molecular formula is C30H42BNO7. The zero-order valence-corrected chi connectivity index (χ0v) is 23.4. The largest absolute Gasteiger partial charge is 0.492 e. The topological polar surface area (TPSA) is 139 Å². The number of aliphatic hydroxyl groups excluding tert-OH is 1. The number of aliphatic hydroxyl groups is 1.